The largest absolute Gasteiger partial charge is 0.398 e. The standard InChI is InChI=1S/C12H19N3O/c1-4-14-12(16)9(3)15-10-6-5-8(2)11(13)7-10/h5-7,9,15H,4,13H2,1-3H3,(H,14,16). The Balaban J connectivity index is 2.66. The van der Waals surface area contributed by atoms with E-state index in [2.05, 4.69) is 10.6 Å². The van der Waals surface area contributed by atoms with Crippen molar-refractivity contribution in [2.45, 2.75) is 26.8 Å². The molecule has 0 bridgehead atoms. The maximum absolute atomic E-state index is 11.5. The molecule has 0 heterocycles. The predicted molar refractivity (Wildman–Crippen MR) is 67.4 cm³/mol. The van der Waals surface area contributed by atoms with Gasteiger partial charge in [0.1, 0.15) is 6.04 Å². The fourth-order valence-electron chi connectivity index (χ4n) is 1.37. The number of rotatable bonds is 4. The van der Waals surface area contributed by atoms with Gasteiger partial charge in [-0.3, -0.25) is 4.79 Å². The molecule has 1 aromatic rings. The number of hydrogen-bond acceptors (Lipinski definition) is 3. The van der Waals surface area contributed by atoms with Gasteiger partial charge in [-0.2, -0.15) is 0 Å². The van der Waals surface area contributed by atoms with Crippen molar-refractivity contribution in [3.8, 4) is 0 Å². The van der Waals surface area contributed by atoms with Crippen LogP contribution < -0.4 is 16.4 Å². The van der Waals surface area contributed by atoms with Gasteiger partial charge in [-0.15, -0.1) is 0 Å². The third-order valence-corrected chi connectivity index (χ3v) is 2.41. The molecule has 16 heavy (non-hydrogen) atoms. The molecular weight excluding hydrogens is 202 g/mol. The SMILES string of the molecule is CCNC(=O)C(C)Nc1ccc(C)c(N)c1. The fraction of sp³-hybridized carbons (Fsp3) is 0.417. The summed E-state index contributed by atoms with van der Waals surface area (Å²) in [5.74, 6) is -0.0124. The van der Waals surface area contributed by atoms with Gasteiger partial charge < -0.3 is 16.4 Å². The van der Waals surface area contributed by atoms with Crippen molar-refractivity contribution in [3.05, 3.63) is 23.8 Å². The van der Waals surface area contributed by atoms with Crippen LogP contribution in [0.3, 0.4) is 0 Å². The number of aryl methyl sites for hydroxylation is 1. The van der Waals surface area contributed by atoms with Gasteiger partial charge in [0.15, 0.2) is 0 Å². The van der Waals surface area contributed by atoms with Gasteiger partial charge in [-0.1, -0.05) is 6.07 Å². The second-order valence-corrected chi connectivity index (χ2v) is 3.83. The van der Waals surface area contributed by atoms with Gasteiger partial charge >= 0.3 is 0 Å². The number of amides is 1. The van der Waals surface area contributed by atoms with Crippen LogP contribution in [0.1, 0.15) is 19.4 Å². The van der Waals surface area contributed by atoms with E-state index in [9.17, 15) is 4.79 Å². The molecule has 0 aliphatic rings. The van der Waals surface area contributed by atoms with Gasteiger partial charge in [0, 0.05) is 17.9 Å². The van der Waals surface area contributed by atoms with Crippen LogP contribution >= 0.6 is 0 Å². The Bertz CT molecular complexity index is 377. The first kappa shape index (κ1) is 12.4. The Morgan fingerprint density at radius 2 is 2.19 bits per heavy atom. The second kappa shape index (κ2) is 5.39. The normalized spacial score (nSPS) is 11.9. The Labute approximate surface area is 96.2 Å². The van der Waals surface area contributed by atoms with Crippen LogP contribution in [0.2, 0.25) is 0 Å². The summed E-state index contributed by atoms with van der Waals surface area (Å²) in [6.45, 7) is 6.31. The van der Waals surface area contributed by atoms with Gasteiger partial charge in [0.05, 0.1) is 0 Å². The van der Waals surface area contributed by atoms with E-state index in [-0.39, 0.29) is 11.9 Å². The summed E-state index contributed by atoms with van der Waals surface area (Å²) in [5.41, 5.74) is 8.42. The molecule has 1 atom stereocenters. The van der Waals surface area contributed by atoms with Crippen LogP contribution in [0.4, 0.5) is 11.4 Å². The number of benzene rings is 1. The van der Waals surface area contributed by atoms with Crippen molar-refractivity contribution in [2.24, 2.45) is 0 Å². The molecule has 0 spiro atoms. The summed E-state index contributed by atoms with van der Waals surface area (Å²) in [6.07, 6.45) is 0. The van der Waals surface area contributed by atoms with Crippen LogP contribution in [-0.2, 0) is 4.79 Å². The third-order valence-electron chi connectivity index (χ3n) is 2.41. The Morgan fingerprint density at radius 3 is 2.75 bits per heavy atom. The summed E-state index contributed by atoms with van der Waals surface area (Å²) < 4.78 is 0. The molecule has 0 radical (unpaired) electrons. The average molecular weight is 221 g/mol. The van der Waals surface area contributed by atoms with Gasteiger partial charge in [0.25, 0.3) is 0 Å². The van der Waals surface area contributed by atoms with Crippen LogP contribution in [0, 0.1) is 6.92 Å². The summed E-state index contributed by atoms with van der Waals surface area (Å²) in [6, 6.07) is 5.43. The number of carbonyl (C=O) groups is 1. The lowest BCUT2D eigenvalue weighted by atomic mass is 10.1. The maximum Gasteiger partial charge on any atom is 0.242 e. The molecule has 0 saturated carbocycles. The highest BCUT2D eigenvalue weighted by Gasteiger charge is 2.11. The van der Waals surface area contributed by atoms with E-state index in [1.54, 1.807) is 0 Å². The number of likely N-dealkylation sites (N-methyl/N-ethyl adjacent to an activating group) is 1. The van der Waals surface area contributed by atoms with Gasteiger partial charge in [-0.25, -0.2) is 0 Å². The van der Waals surface area contributed by atoms with Crippen molar-refractivity contribution in [3.63, 3.8) is 0 Å². The Morgan fingerprint density at radius 1 is 1.50 bits per heavy atom. The van der Waals surface area contributed by atoms with E-state index >= 15 is 0 Å². The van der Waals surface area contributed by atoms with E-state index in [1.807, 2.05) is 39.0 Å². The predicted octanol–water partition coefficient (Wildman–Crippen LogP) is 1.51. The molecule has 1 aromatic carbocycles. The maximum atomic E-state index is 11.5. The zero-order valence-electron chi connectivity index (χ0n) is 10.0. The minimum absolute atomic E-state index is 0.0124. The van der Waals surface area contributed by atoms with E-state index in [4.69, 9.17) is 5.73 Å². The van der Waals surface area contributed by atoms with Crippen molar-refractivity contribution >= 4 is 17.3 Å². The molecule has 0 aliphatic heterocycles. The van der Waals surface area contributed by atoms with E-state index < -0.39 is 0 Å². The van der Waals surface area contributed by atoms with E-state index in [0.29, 0.717) is 6.54 Å². The van der Waals surface area contributed by atoms with E-state index in [1.165, 1.54) is 0 Å². The highest BCUT2D eigenvalue weighted by atomic mass is 16.2. The van der Waals surface area contributed by atoms with Crippen molar-refractivity contribution in [1.82, 2.24) is 5.32 Å². The first-order valence-corrected chi connectivity index (χ1v) is 5.45. The quantitative estimate of drug-likeness (QED) is 0.675. The molecule has 88 valence electrons. The molecule has 4 nitrogen and oxygen atoms in total. The molecule has 1 unspecified atom stereocenters. The van der Waals surface area contributed by atoms with Gasteiger partial charge in [-0.05, 0) is 38.5 Å². The zero-order valence-corrected chi connectivity index (χ0v) is 10.0. The zero-order chi connectivity index (χ0) is 12.1. The first-order chi connectivity index (χ1) is 7.54. The Kier molecular flexibility index (Phi) is 4.17. The lowest BCUT2D eigenvalue weighted by molar-refractivity contribution is -0.121. The van der Waals surface area contributed by atoms with Crippen molar-refractivity contribution in [2.75, 3.05) is 17.6 Å². The number of carbonyl (C=O) groups excluding carboxylic acids is 1. The van der Waals surface area contributed by atoms with Crippen LogP contribution in [0.15, 0.2) is 18.2 Å². The highest BCUT2D eigenvalue weighted by molar-refractivity contribution is 5.84. The third kappa shape index (κ3) is 3.15. The molecule has 0 saturated heterocycles. The highest BCUT2D eigenvalue weighted by Crippen LogP contribution is 2.17. The molecule has 4 heteroatoms. The second-order valence-electron chi connectivity index (χ2n) is 3.83. The molecular formula is C12H19N3O. The number of nitrogens with two attached hydrogens (primary N) is 1. The van der Waals surface area contributed by atoms with Crippen LogP contribution in [0.5, 0.6) is 0 Å². The minimum atomic E-state index is -0.262. The molecule has 0 aliphatic carbocycles. The summed E-state index contributed by atoms with van der Waals surface area (Å²) in [7, 11) is 0. The van der Waals surface area contributed by atoms with Crippen LogP contribution in [0.25, 0.3) is 0 Å². The number of anilines is 2. The van der Waals surface area contributed by atoms with Crippen molar-refractivity contribution < 1.29 is 4.79 Å². The number of nitrogen functional groups attached to an aromatic ring is 1. The summed E-state index contributed by atoms with van der Waals surface area (Å²) >= 11 is 0. The molecule has 4 N–H and O–H groups in total. The monoisotopic (exact) mass is 221 g/mol. The molecule has 1 rings (SSSR count). The number of nitrogens with one attached hydrogen (secondary N) is 2. The van der Waals surface area contributed by atoms with Crippen LogP contribution in [-0.4, -0.2) is 18.5 Å². The summed E-state index contributed by atoms with van der Waals surface area (Å²) in [5, 5.41) is 5.86. The van der Waals surface area contributed by atoms with Gasteiger partial charge in [0.2, 0.25) is 5.91 Å². The number of hydrogen-bond donors (Lipinski definition) is 3. The average Bonchev–Trinajstić information content (AvgIpc) is 2.24. The lowest BCUT2D eigenvalue weighted by Gasteiger charge is -2.15. The minimum Gasteiger partial charge on any atom is -0.398 e. The van der Waals surface area contributed by atoms with Crippen molar-refractivity contribution in [1.29, 1.82) is 0 Å². The molecule has 1 amide bonds. The summed E-state index contributed by atoms with van der Waals surface area (Å²) in [4.78, 5) is 11.5. The fourth-order valence-corrected chi connectivity index (χ4v) is 1.37. The molecule has 0 fully saturated rings. The molecule has 0 aromatic heterocycles. The van der Waals surface area contributed by atoms with E-state index in [0.717, 1.165) is 16.9 Å². The lowest BCUT2D eigenvalue weighted by Crippen LogP contribution is -2.37. The smallest absolute Gasteiger partial charge is 0.242 e. The topological polar surface area (TPSA) is 67.2 Å². The first-order valence-electron chi connectivity index (χ1n) is 5.45. The Hall–Kier alpha value is -1.71.